The fourth-order valence-corrected chi connectivity index (χ4v) is 4.92. The van der Waals surface area contributed by atoms with Crippen LogP contribution in [0.15, 0.2) is 71.6 Å². The lowest BCUT2D eigenvalue weighted by atomic mass is 10.1. The molecule has 0 aromatic heterocycles. The number of methoxy groups -OCH3 is 2. The highest BCUT2D eigenvalue weighted by Gasteiger charge is 2.24. The van der Waals surface area contributed by atoms with Crippen LogP contribution in [-0.2, 0) is 5.75 Å². The molecule has 5 nitrogen and oxygen atoms in total. The van der Waals surface area contributed by atoms with E-state index in [2.05, 4.69) is 42.2 Å². The number of hydrogen-bond acceptors (Lipinski definition) is 5. The molecule has 0 radical (unpaired) electrons. The maximum absolute atomic E-state index is 13.3. The van der Waals surface area contributed by atoms with Crippen molar-refractivity contribution in [2.75, 3.05) is 45.3 Å². The Morgan fingerprint density at radius 3 is 2.27 bits per heavy atom. The molecule has 0 aliphatic carbocycles. The Labute approximate surface area is 200 Å². The van der Waals surface area contributed by atoms with Gasteiger partial charge in [0.05, 0.1) is 19.9 Å². The number of carbonyl (C=O) groups excluding carboxylic acids is 1. The molecule has 0 atom stereocenters. The second-order valence-electron chi connectivity index (χ2n) is 8.08. The average molecular weight is 463 g/mol. The molecule has 1 amide bonds. The van der Waals surface area contributed by atoms with Crippen LogP contribution in [0, 0.1) is 6.92 Å². The molecule has 33 heavy (non-hydrogen) atoms. The quantitative estimate of drug-likeness (QED) is 0.448. The van der Waals surface area contributed by atoms with Crippen molar-refractivity contribution in [3.8, 4) is 11.5 Å². The van der Waals surface area contributed by atoms with Crippen molar-refractivity contribution in [2.24, 2.45) is 0 Å². The SMILES string of the molecule is COc1ccc(C(=O)N2CCN(c3ccccc3OC)CC2)cc1CSc1ccc(C)cc1. The van der Waals surface area contributed by atoms with Gasteiger partial charge in [-0.1, -0.05) is 29.8 Å². The van der Waals surface area contributed by atoms with E-state index in [1.807, 2.05) is 41.3 Å². The Morgan fingerprint density at radius 1 is 0.879 bits per heavy atom. The van der Waals surface area contributed by atoms with Gasteiger partial charge in [0, 0.05) is 48.0 Å². The number of aryl methyl sites for hydroxylation is 1. The van der Waals surface area contributed by atoms with E-state index in [4.69, 9.17) is 9.47 Å². The summed E-state index contributed by atoms with van der Waals surface area (Å²) in [5.41, 5.74) is 4.06. The van der Waals surface area contributed by atoms with Gasteiger partial charge in [-0.25, -0.2) is 0 Å². The van der Waals surface area contributed by atoms with Crippen LogP contribution in [0.2, 0.25) is 0 Å². The highest BCUT2D eigenvalue weighted by molar-refractivity contribution is 7.98. The van der Waals surface area contributed by atoms with Crippen molar-refractivity contribution in [3.05, 3.63) is 83.4 Å². The molecule has 3 aromatic rings. The second kappa shape index (κ2) is 10.7. The van der Waals surface area contributed by atoms with Crippen molar-refractivity contribution >= 4 is 23.4 Å². The molecule has 4 rings (SSSR count). The number of anilines is 1. The largest absolute Gasteiger partial charge is 0.496 e. The molecular formula is C27H30N2O3S. The first kappa shape index (κ1) is 23.1. The molecule has 6 heteroatoms. The van der Waals surface area contributed by atoms with Crippen LogP contribution in [0.3, 0.4) is 0 Å². The van der Waals surface area contributed by atoms with E-state index in [1.165, 1.54) is 10.5 Å². The number of carbonyl (C=O) groups is 1. The van der Waals surface area contributed by atoms with Gasteiger partial charge in [0.15, 0.2) is 0 Å². The Balaban J connectivity index is 1.42. The van der Waals surface area contributed by atoms with E-state index in [0.717, 1.165) is 41.6 Å². The average Bonchev–Trinajstić information content (AvgIpc) is 2.88. The van der Waals surface area contributed by atoms with E-state index >= 15 is 0 Å². The molecule has 0 unspecified atom stereocenters. The zero-order valence-electron chi connectivity index (χ0n) is 19.4. The summed E-state index contributed by atoms with van der Waals surface area (Å²) in [6.07, 6.45) is 0. The van der Waals surface area contributed by atoms with Crippen molar-refractivity contribution < 1.29 is 14.3 Å². The number of amides is 1. The van der Waals surface area contributed by atoms with Crippen LogP contribution < -0.4 is 14.4 Å². The topological polar surface area (TPSA) is 42.0 Å². The van der Waals surface area contributed by atoms with Crippen LogP contribution in [0.4, 0.5) is 5.69 Å². The summed E-state index contributed by atoms with van der Waals surface area (Å²) in [6, 6.07) is 22.3. The highest BCUT2D eigenvalue weighted by Crippen LogP contribution is 2.31. The maximum atomic E-state index is 13.3. The summed E-state index contributed by atoms with van der Waals surface area (Å²) < 4.78 is 11.1. The third-order valence-corrected chi connectivity index (χ3v) is 7.00. The van der Waals surface area contributed by atoms with Gasteiger partial charge in [0.25, 0.3) is 5.91 Å². The van der Waals surface area contributed by atoms with Gasteiger partial charge >= 0.3 is 0 Å². The number of hydrogen-bond donors (Lipinski definition) is 0. The van der Waals surface area contributed by atoms with Crippen LogP contribution >= 0.6 is 11.8 Å². The molecule has 1 fully saturated rings. The minimum absolute atomic E-state index is 0.0684. The van der Waals surface area contributed by atoms with Crippen molar-refractivity contribution in [3.63, 3.8) is 0 Å². The first-order valence-corrected chi connectivity index (χ1v) is 12.1. The molecular weight excluding hydrogens is 432 g/mol. The predicted molar refractivity (Wildman–Crippen MR) is 135 cm³/mol. The van der Waals surface area contributed by atoms with Gasteiger partial charge in [0.1, 0.15) is 11.5 Å². The molecule has 1 heterocycles. The first-order chi connectivity index (χ1) is 16.1. The number of rotatable bonds is 7. The number of ether oxygens (including phenoxy) is 2. The standard InChI is InChI=1S/C27H30N2O3S/c1-20-8-11-23(12-9-20)33-19-22-18-21(10-13-25(22)31-2)27(30)29-16-14-28(15-17-29)24-6-4-5-7-26(24)32-3/h4-13,18H,14-17,19H2,1-3H3. The van der Waals surface area contributed by atoms with Gasteiger partial charge in [0.2, 0.25) is 0 Å². The summed E-state index contributed by atoms with van der Waals surface area (Å²) in [5.74, 6) is 2.49. The first-order valence-electron chi connectivity index (χ1n) is 11.1. The monoisotopic (exact) mass is 462 g/mol. The number of thioether (sulfide) groups is 1. The summed E-state index contributed by atoms with van der Waals surface area (Å²) in [7, 11) is 3.37. The fourth-order valence-electron chi connectivity index (χ4n) is 4.04. The van der Waals surface area contributed by atoms with E-state index < -0.39 is 0 Å². The van der Waals surface area contributed by atoms with Crippen molar-refractivity contribution in [1.29, 1.82) is 0 Å². The molecule has 1 aliphatic heterocycles. The zero-order valence-corrected chi connectivity index (χ0v) is 20.2. The summed E-state index contributed by atoms with van der Waals surface area (Å²) in [5, 5.41) is 0. The molecule has 0 N–H and O–H groups in total. The Kier molecular flexibility index (Phi) is 7.45. The van der Waals surface area contributed by atoms with Gasteiger partial charge in [-0.3, -0.25) is 4.79 Å². The number of benzene rings is 3. The normalized spacial score (nSPS) is 13.7. The molecule has 172 valence electrons. The molecule has 3 aromatic carbocycles. The maximum Gasteiger partial charge on any atom is 0.253 e. The third kappa shape index (κ3) is 5.45. The third-order valence-electron chi connectivity index (χ3n) is 5.94. The lowest BCUT2D eigenvalue weighted by molar-refractivity contribution is 0.0746. The lowest BCUT2D eigenvalue weighted by Gasteiger charge is -2.36. The van der Waals surface area contributed by atoms with Gasteiger partial charge in [-0.2, -0.15) is 0 Å². The second-order valence-corrected chi connectivity index (χ2v) is 9.13. The molecule has 0 spiro atoms. The molecule has 1 saturated heterocycles. The summed E-state index contributed by atoms with van der Waals surface area (Å²) in [6.45, 7) is 4.99. The Bertz CT molecular complexity index is 1090. The van der Waals surface area contributed by atoms with Crippen LogP contribution in [0.1, 0.15) is 21.5 Å². The van der Waals surface area contributed by atoms with E-state index in [9.17, 15) is 4.79 Å². The fraction of sp³-hybridized carbons (Fsp3) is 0.296. The Morgan fingerprint density at radius 2 is 1.58 bits per heavy atom. The Hall–Kier alpha value is -3.12. The molecule has 0 saturated carbocycles. The van der Waals surface area contributed by atoms with Gasteiger partial charge in [-0.15, -0.1) is 11.8 Å². The number of nitrogens with zero attached hydrogens (tertiary/aromatic N) is 2. The predicted octanol–water partition coefficient (Wildman–Crippen LogP) is 5.27. The van der Waals surface area contributed by atoms with Crippen molar-refractivity contribution in [2.45, 2.75) is 17.6 Å². The van der Waals surface area contributed by atoms with E-state index in [1.54, 1.807) is 26.0 Å². The minimum Gasteiger partial charge on any atom is -0.496 e. The minimum atomic E-state index is 0.0684. The summed E-state index contributed by atoms with van der Waals surface area (Å²) >= 11 is 1.75. The number of para-hydroxylation sites is 2. The lowest BCUT2D eigenvalue weighted by Crippen LogP contribution is -2.48. The zero-order chi connectivity index (χ0) is 23.2. The molecule has 0 bridgehead atoms. The van der Waals surface area contributed by atoms with E-state index in [-0.39, 0.29) is 5.91 Å². The van der Waals surface area contributed by atoms with Gasteiger partial charge < -0.3 is 19.3 Å². The van der Waals surface area contributed by atoms with Crippen molar-refractivity contribution in [1.82, 2.24) is 4.90 Å². The molecule has 1 aliphatic rings. The number of piperazine rings is 1. The van der Waals surface area contributed by atoms with Crippen LogP contribution in [0.25, 0.3) is 0 Å². The van der Waals surface area contributed by atoms with E-state index in [0.29, 0.717) is 18.7 Å². The highest BCUT2D eigenvalue weighted by atomic mass is 32.2. The smallest absolute Gasteiger partial charge is 0.253 e. The van der Waals surface area contributed by atoms with Gasteiger partial charge in [-0.05, 0) is 49.4 Å². The van der Waals surface area contributed by atoms with Crippen LogP contribution in [0.5, 0.6) is 11.5 Å². The summed E-state index contributed by atoms with van der Waals surface area (Å²) in [4.78, 5) is 18.7. The van der Waals surface area contributed by atoms with Crippen LogP contribution in [-0.4, -0.2) is 51.2 Å².